The number of aromatic nitrogens is 2. The van der Waals surface area contributed by atoms with Gasteiger partial charge in [-0.05, 0) is 30.3 Å². The summed E-state index contributed by atoms with van der Waals surface area (Å²) in [6.45, 7) is 0.619. The molecule has 1 aliphatic rings. The Bertz CT molecular complexity index is 1180. The molecule has 3 heterocycles. The zero-order chi connectivity index (χ0) is 21.1. The molecule has 0 atom stereocenters. The van der Waals surface area contributed by atoms with E-state index in [9.17, 15) is 14.4 Å². The van der Waals surface area contributed by atoms with E-state index in [4.69, 9.17) is 5.11 Å². The Hall–Kier alpha value is -4.20. The second kappa shape index (κ2) is 8.04. The minimum atomic E-state index is -1.19. The van der Waals surface area contributed by atoms with Crippen LogP contribution in [0.15, 0.2) is 60.8 Å². The number of anilines is 1. The topological polar surface area (TPSA) is 124 Å². The minimum absolute atomic E-state index is 0.0755. The summed E-state index contributed by atoms with van der Waals surface area (Å²) in [7, 11) is 0. The molecule has 8 heteroatoms. The van der Waals surface area contributed by atoms with Crippen LogP contribution in [0.2, 0.25) is 0 Å². The van der Waals surface area contributed by atoms with Gasteiger partial charge in [0.2, 0.25) is 5.91 Å². The summed E-state index contributed by atoms with van der Waals surface area (Å²) in [6.07, 6.45) is 4.18. The van der Waals surface area contributed by atoms with Crippen molar-refractivity contribution in [2.24, 2.45) is 0 Å². The third-order valence-corrected chi connectivity index (χ3v) is 4.68. The standard InChI is InChI=1S/C22H18N4O4/c27-20(4-5-21(28)29)25-15-3-1-2-13(10-15)18-11-14(6-8-23-18)19-12-16-17(26-19)7-9-24-22(16)30/h1-6,8,10-12,26H,7,9H2,(H,24,30)(H,25,27)(H,28,29)/b5-4-. The van der Waals surface area contributed by atoms with Crippen molar-refractivity contribution in [2.75, 3.05) is 11.9 Å². The van der Waals surface area contributed by atoms with E-state index in [1.807, 2.05) is 24.3 Å². The number of aliphatic carboxylic acids is 1. The highest BCUT2D eigenvalue weighted by Gasteiger charge is 2.20. The van der Waals surface area contributed by atoms with Gasteiger partial charge in [0.25, 0.3) is 5.91 Å². The highest BCUT2D eigenvalue weighted by molar-refractivity contribution is 6.02. The molecular formula is C22H18N4O4. The average Bonchev–Trinajstić information content (AvgIpc) is 3.18. The monoisotopic (exact) mass is 402 g/mol. The molecule has 0 saturated carbocycles. The first-order valence-corrected chi connectivity index (χ1v) is 9.28. The van der Waals surface area contributed by atoms with Crippen LogP contribution in [0.1, 0.15) is 16.1 Å². The molecule has 3 aromatic rings. The van der Waals surface area contributed by atoms with Crippen molar-refractivity contribution in [3.8, 4) is 22.5 Å². The smallest absolute Gasteiger partial charge is 0.328 e. The number of carboxylic acid groups (broad SMARTS) is 1. The number of hydrogen-bond acceptors (Lipinski definition) is 4. The first-order chi connectivity index (χ1) is 14.5. The molecular weight excluding hydrogens is 384 g/mol. The zero-order valence-electron chi connectivity index (χ0n) is 15.8. The number of aromatic amines is 1. The van der Waals surface area contributed by atoms with Gasteiger partial charge in [-0.1, -0.05) is 12.1 Å². The number of fused-ring (bicyclic) bond motifs is 1. The summed E-state index contributed by atoms with van der Waals surface area (Å²) in [6, 6.07) is 12.7. The van der Waals surface area contributed by atoms with Crippen LogP contribution >= 0.6 is 0 Å². The molecule has 8 nitrogen and oxygen atoms in total. The molecule has 150 valence electrons. The molecule has 0 aliphatic carbocycles. The number of pyridine rings is 1. The van der Waals surface area contributed by atoms with Gasteiger partial charge in [-0.25, -0.2) is 4.79 Å². The van der Waals surface area contributed by atoms with Crippen LogP contribution in [0, 0.1) is 0 Å². The molecule has 0 saturated heterocycles. The Labute approximate surface area is 171 Å². The van der Waals surface area contributed by atoms with E-state index >= 15 is 0 Å². The molecule has 4 N–H and O–H groups in total. The summed E-state index contributed by atoms with van der Waals surface area (Å²) >= 11 is 0. The molecule has 0 spiro atoms. The average molecular weight is 402 g/mol. The van der Waals surface area contributed by atoms with E-state index in [2.05, 4.69) is 20.6 Å². The summed E-state index contributed by atoms with van der Waals surface area (Å²) in [5.74, 6) is -1.80. The van der Waals surface area contributed by atoms with Crippen molar-refractivity contribution in [3.63, 3.8) is 0 Å². The predicted octanol–water partition coefficient (Wildman–Crippen LogP) is 2.61. The third-order valence-electron chi connectivity index (χ3n) is 4.68. The molecule has 0 radical (unpaired) electrons. The van der Waals surface area contributed by atoms with E-state index in [1.54, 1.807) is 24.4 Å². The van der Waals surface area contributed by atoms with E-state index < -0.39 is 11.9 Å². The summed E-state index contributed by atoms with van der Waals surface area (Å²) in [5.41, 5.74) is 5.31. The fourth-order valence-corrected chi connectivity index (χ4v) is 3.29. The number of rotatable bonds is 5. The van der Waals surface area contributed by atoms with E-state index in [-0.39, 0.29) is 5.91 Å². The Morgan fingerprint density at radius 1 is 1.10 bits per heavy atom. The number of carbonyl (C=O) groups is 3. The normalized spacial score (nSPS) is 13.0. The van der Waals surface area contributed by atoms with E-state index in [1.165, 1.54) is 0 Å². The molecule has 2 aromatic heterocycles. The van der Waals surface area contributed by atoms with Crippen molar-refractivity contribution in [1.82, 2.24) is 15.3 Å². The number of amides is 2. The molecule has 4 rings (SSSR count). The molecule has 2 amide bonds. The van der Waals surface area contributed by atoms with Gasteiger partial charge in [0.05, 0.1) is 11.3 Å². The number of nitrogens with one attached hydrogen (secondary N) is 3. The van der Waals surface area contributed by atoms with Crippen LogP contribution in [0.3, 0.4) is 0 Å². The highest BCUT2D eigenvalue weighted by Crippen LogP contribution is 2.28. The Morgan fingerprint density at radius 3 is 2.77 bits per heavy atom. The number of carbonyl (C=O) groups excluding carboxylic acids is 2. The van der Waals surface area contributed by atoms with Gasteiger partial charge >= 0.3 is 5.97 Å². The van der Waals surface area contributed by atoms with Gasteiger partial charge < -0.3 is 20.7 Å². The fourth-order valence-electron chi connectivity index (χ4n) is 3.29. The van der Waals surface area contributed by atoms with Crippen LogP contribution in [-0.4, -0.2) is 39.4 Å². The zero-order valence-corrected chi connectivity index (χ0v) is 15.8. The number of benzene rings is 1. The van der Waals surface area contributed by atoms with Gasteiger partial charge in [-0.3, -0.25) is 14.6 Å². The molecule has 0 fully saturated rings. The lowest BCUT2D eigenvalue weighted by Gasteiger charge is -2.11. The van der Waals surface area contributed by atoms with Crippen LogP contribution in [0.5, 0.6) is 0 Å². The number of carboxylic acids is 1. The molecule has 1 aliphatic heterocycles. The van der Waals surface area contributed by atoms with Crippen LogP contribution in [0.25, 0.3) is 22.5 Å². The summed E-state index contributed by atoms with van der Waals surface area (Å²) in [5, 5.41) is 14.1. The SMILES string of the molecule is O=C(O)/C=C\C(=O)Nc1cccc(-c2cc(-c3cc4c([nH]3)CCNC4=O)ccn2)c1. The van der Waals surface area contributed by atoms with Crippen molar-refractivity contribution < 1.29 is 19.5 Å². The first-order valence-electron chi connectivity index (χ1n) is 9.28. The van der Waals surface area contributed by atoms with Gasteiger partial charge in [0.1, 0.15) is 0 Å². The molecule has 0 bridgehead atoms. The second-order valence-corrected chi connectivity index (χ2v) is 6.75. The lowest BCUT2D eigenvalue weighted by Crippen LogP contribution is -2.31. The lowest BCUT2D eigenvalue weighted by atomic mass is 10.1. The van der Waals surface area contributed by atoms with Crippen molar-refractivity contribution in [2.45, 2.75) is 6.42 Å². The quantitative estimate of drug-likeness (QED) is 0.489. The Balaban J connectivity index is 1.59. The minimum Gasteiger partial charge on any atom is -0.478 e. The van der Waals surface area contributed by atoms with Crippen LogP contribution in [-0.2, 0) is 16.0 Å². The summed E-state index contributed by atoms with van der Waals surface area (Å²) < 4.78 is 0. The van der Waals surface area contributed by atoms with Gasteiger partial charge in [-0.2, -0.15) is 0 Å². The van der Waals surface area contributed by atoms with Gasteiger partial charge in [0, 0.05) is 59.5 Å². The third kappa shape index (κ3) is 4.12. The van der Waals surface area contributed by atoms with Crippen molar-refractivity contribution in [3.05, 3.63) is 72.1 Å². The van der Waals surface area contributed by atoms with Gasteiger partial charge in [0.15, 0.2) is 0 Å². The number of H-pyrrole nitrogens is 1. The predicted molar refractivity (Wildman–Crippen MR) is 111 cm³/mol. The molecule has 1 aromatic carbocycles. The maximum Gasteiger partial charge on any atom is 0.328 e. The van der Waals surface area contributed by atoms with Gasteiger partial charge in [-0.15, -0.1) is 0 Å². The Kier molecular flexibility index (Phi) is 5.13. The van der Waals surface area contributed by atoms with Crippen molar-refractivity contribution in [1.29, 1.82) is 0 Å². The summed E-state index contributed by atoms with van der Waals surface area (Å²) in [4.78, 5) is 42.1. The maximum absolute atomic E-state index is 12.0. The lowest BCUT2D eigenvalue weighted by molar-refractivity contribution is -0.131. The molecule has 30 heavy (non-hydrogen) atoms. The van der Waals surface area contributed by atoms with Crippen LogP contribution in [0.4, 0.5) is 5.69 Å². The maximum atomic E-state index is 12.0. The fraction of sp³-hybridized carbons (Fsp3) is 0.0909. The van der Waals surface area contributed by atoms with Crippen LogP contribution < -0.4 is 10.6 Å². The van der Waals surface area contributed by atoms with E-state index in [0.29, 0.717) is 23.5 Å². The van der Waals surface area contributed by atoms with E-state index in [0.717, 1.165) is 41.1 Å². The Morgan fingerprint density at radius 2 is 1.97 bits per heavy atom. The largest absolute Gasteiger partial charge is 0.478 e. The van der Waals surface area contributed by atoms with Crippen molar-refractivity contribution >= 4 is 23.5 Å². The highest BCUT2D eigenvalue weighted by atomic mass is 16.4. The second-order valence-electron chi connectivity index (χ2n) is 6.75. The number of nitrogens with zero attached hydrogens (tertiary/aromatic N) is 1. The molecule has 0 unspecified atom stereocenters. The first kappa shape index (κ1) is 19.1. The number of hydrogen-bond donors (Lipinski definition) is 4.